The zero-order chi connectivity index (χ0) is 17.1. The van der Waals surface area contributed by atoms with Crippen molar-refractivity contribution in [2.24, 2.45) is 4.99 Å². The molecule has 0 N–H and O–H groups in total. The first-order valence-electron chi connectivity index (χ1n) is 7.00. The number of amides is 1. The third-order valence-electron chi connectivity index (χ3n) is 3.34. The summed E-state index contributed by atoms with van der Waals surface area (Å²) in [5.74, 6) is 1.24. The fraction of sp³-hybridized carbons (Fsp3) is 0.188. The monoisotopic (exact) mass is 361 g/mol. The maximum atomic E-state index is 12.4. The summed E-state index contributed by atoms with van der Waals surface area (Å²) in [4.78, 5) is 23.1. The van der Waals surface area contributed by atoms with Crippen LogP contribution in [0.3, 0.4) is 0 Å². The Morgan fingerprint density at radius 3 is 2.79 bits per heavy atom. The molecule has 0 radical (unpaired) electrons. The molecule has 1 amide bonds. The van der Waals surface area contributed by atoms with Crippen molar-refractivity contribution < 1.29 is 14.3 Å². The van der Waals surface area contributed by atoms with E-state index in [9.17, 15) is 4.79 Å². The Hall–Kier alpha value is -2.32. The Balaban J connectivity index is 1.92. The summed E-state index contributed by atoms with van der Waals surface area (Å²) in [6.07, 6.45) is 3.48. The Kier molecular flexibility index (Phi) is 4.86. The second-order valence-electron chi connectivity index (χ2n) is 4.79. The Morgan fingerprint density at radius 2 is 2.12 bits per heavy atom. The van der Waals surface area contributed by atoms with E-state index in [1.165, 1.54) is 28.0 Å². The second kappa shape index (κ2) is 7.06. The van der Waals surface area contributed by atoms with E-state index < -0.39 is 0 Å². The number of ether oxygens (including phenoxy) is 2. The fourth-order valence-electron chi connectivity index (χ4n) is 2.08. The van der Waals surface area contributed by atoms with Gasteiger partial charge in [-0.15, -0.1) is 11.3 Å². The lowest BCUT2D eigenvalue weighted by Crippen LogP contribution is -2.23. The van der Waals surface area contributed by atoms with Gasteiger partial charge in [0.15, 0.2) is 5.17 Å². The van der Waals surface area contributed by atoms with Crippen LogP contribution in [0.4, 0.5) is 5.13 Å². The molecule has 8 heteroatoms. The number of likely N-dealkylation sites (N-methyl/N-ethyl adjacent to an activating group) is 1. The lowest BCUT2D eigenvalue weighted by atomic mass is 10.1. The zero-order valence-corrected chi connectivity index (χ0v) is 15.0. The van der Waals surface area contributed by atoms with Crippen LogP contribution in [0.2, 0.25) is 0 Å². The summed E-state index contributed by atoms with van der Waals surface area (Å²) in [5, 5.41) is 3.08. The predicted octanol–water partition coefficient (Wildman–Crippen LogP) is 3.39. The molecular formula is C16H15N3O3S2. The number of carbonyl (C=O) groups excluding carboxylic acids is 1. The third kappa shape index (κ3) is 3.29. The highest BCUT2D eigenvalue weighted by Gasteiger charge is 2.30. The van der Waals surface area contributed by atoms with Crippen LogP contribution in [0.5, 0.6) is 11.5 Å². The lowest BCUT2D eigenvalue weighted by Gasteiger charge is -2.08. The highest BCUT2D eigenvalue weighted by molar-refractivity contribution is 8.18. The summed E-state index contributed by atoms with van der Waals surface area (Å²) in [6, 6.07) is 5.46. The molecule has 0 aliphatic carbocycles. The molecule has 2 heterocycles. The quantitative estimate of drug-likeness (QED) is 0.781. The molecule has 24 heavy (non-hydrogen) atoms. The molecule has 1 saturated heterocycles. The van der Waals surface area contributed by atoms with Crippen molar-refractivity contribution in [1.29, 1.82) is 0 Å². The normalized spacial score (nSPS) is 17.8. The highest BCUT2D eigenvalue weighted by atomic mass is 32.2. The van der Waals surface area contributed by atoms with Crippen molar-refractivity contribution in [3.8, 4) is 11.5 Å². The molecule has 1 aromatic heterocycles. The average molecular weight is 361 g/mol. The number of aliphatic imine (C=N–C) groups is 1. The molecule has 2 aromatic rings. The third-order valence-corrected chi connectivity index (χ3v) is 5.07. The van der Waals surface area contributed by atoms with Crippen LogP contribution < -0.4 is 9.47 Å². The van der Waals surface area contributed by atoms with E-state index in [1.54, 1.807) is 39.6 Å². The first-order chi connectivity index (χ1) is 11.6. The number of hydrogen-bond donors (Lipinski definition) is 0. The number of thioether (sulfide) groups is 1. The molecular weight excluding hydrogens is 346 g/mol. The Labute approximate surface area is 147 Å². The van der Waals surface area contributed by atoms with E-state index >= 15 is 0 Å². The first-order valence-corrected chi connectivity index (χ1v) is 8.70. The van der Waals surface area contributed by atoms with Crippen molar-refractivity contribution in [2.75, 3.05) is 21.3 Å². The van der Waals surface area contributed by atoms with Gasteiger partial charge < -0.3 is 9.47 Å². The minimum absolute atomic E-state index is 0.104. The largest absolute Gasteiger partial charge is 0.497 e. The first kappa shape index (κ1) is 16.5. The lowest BCUT2D eigenvalue weighted by molar-refractivity contribution is -0.121. The Morgan fingerprint density at radius 1 is 1.29 bits per heavy atom. The minimum atomic E-state index is -0.104. The van der Waals surface area contributed by atoms with Crippen LogP contribution in [0, 0.1) is 0 Å². The van der Waals surface area contributed by atoms with Crippen LogP contribution in [0.1, 0.15) is 5.56 Å². The molecule has 1 aliphatic rings. The molecule has 0 bridgehead atoms. The Bertz CT molecular complexity index is 816. The van der Waals surface area contributed by atoms with Crippen molar-refractivity contribution in [3.63, 3.8) is 0 Å². The summed E-state index contributed by atoms with van der Waals surface area (Å²) in [6.45, 7) is 0. The van der Waals surface area contributed by atoms with Gasteiger partial charge >= 0.3 is 0 Å². The van der Waals surface area contributed by atoms with Crippen molar-refractivity contribution in [2.45, 2.75) is 0 Å². The average Bonchev–Trinajstić information content (AvgIpc) is 3.20. The van der Waals surface area contributed by atoms with Gasteiger partial charge in [-0.3, -0.25) is 9.69 Å². The van der Waals surface area contributed by atoms with E-state index in [0.717, 1.165) is 5.56 Å². The number of hydrogen-bond acceptors (Lipinski definition) is 7. The van der Waals surface area contributed by atoms with Gasteiger partial charge in [-0.25, -0.2) is 4.98 Å². The number of carbonyl (C=O) groups is 1. The van der Waals surface area contributed by atoms with E-state index in [2.05, 4.69) is 9.98 Å². The number of aromatic nitrogens is 1. The molecule has 0 saturated carbocycles. The van der Waals surface area contributed by atoms with Crippen molar-refractivity contribution in [3.05, 3.63) is 40.2 Å². The second-order valence-corrected chi connectivity index (χ2v) is 6.67. The molecule has 0 spiro atoms. The standard InChI is InChI=1S/C16H15N3O3S2/c1-19-14(20)13(24-16(19)18-15-17-6-7-23-15)8-10-4-5-11(21-2)9-12(10)22-3/h4-9H,1-3H3/b13-8-,18-16+. The molecule has 6 nitrogen and oxygen atoms in total. The number of rotatable bonds is 4. The molecule has 0 atom stereocenters. The maximum Gasteiger partial charge on any atom is 0.266 e. The van der Waals surface area contributed by atoms with Gasteiger partial charge in [0.25, 0.3) is 5.91 Å². The SMILES string of the molecule is COc1ccc(/C=C2\S/C(=N/c3nccs3)N(C)C2=O)c(OC)c1. The van der Waals surface area contributed by atoms with Gasteiger partial charge in [-0.1, -0.05) is 0 Å². The van der Waals surface area contributed by atoms with E-state index in [0.29, 0.717) is 26.7 Å². The van der Waals surface area contributed by atoms with Gasteiger partial charge in [0.2, 0.25) is 5.13 Å². The number of thiazole rings is 1. The van der Waals surface area contributed by atoms with Crippen LogP contribution in [-0.4, -0.2) is 42.2 Å². The molecule has 124 valence electrons. The maximum absolute atomic E-state index is 12.4. The molecule has 1 aromatic carbocycles. The predicted molar refractivity (Wildman–Crippen MR) is 97.1 cm³/mol. The summed E-state index contributed by atoms with van der Waals surface area (Å²) >= 11 is 2.74. The van der Waals surface area contributed by atoms with Gasteiger partial charge in [-0.2, -0.15) is 4.99 Å². The van der Waals surface area contributed by atoms with E-state index in [-0.39, 0.29) is 5.91 Å². The number of benzene rings is 1. The number of nitrogens with zero attached hydrogens (tertiary/aromatic N) is 3. The molecule has 3 rings (SSSR count). The van der Waals surface area contributed by atoms with Gasteiger partial charge in [0.1, 0.15) is 11.5 Å². The van der Waals surface area contributed by atoms with Gasteiger partial charge in [0.05, 0.1) is 19.1 Å². The fourth-order valence-corrected chi connectivity index (χ4v) is 3.60. The number of amidine groups is 1. The van der Waals surface area contributed by atoms with Gasteiger partial charge in [0, 0.05) is 30.3 Å². The van der Waals surface area contributed by atoms with Crippen molar-refractivity contribution >= 4 is 45.4 Å². The summed E-state index contributed by atoms with van der Waals surface area (Å²) < 4.78 is 10.6. The van der Waals surface area contributed by atoms with Crippen LogP contribution >= 0.6 is 23.1 Å². The smallest absolute Gasteiger partial charge is 0.266 e. The van der Waals surface area contributed by atoms with Crippen LogP contribution in [0.15, 0.2) is 39.7 Å². The zero-order valence-electron chi connectivity index (χ0n) is 13.3. The summed E-state index contributed by atoms with van der Waals surface area (Å²) in [5.41, 5.74) is 0.804. The van der Waals surface area contributed by atoms with Crippen molar-refractivity contribution in [1.82, 2.24) is 9.88 Å². The van der Waals surface area contributed by atoms with Crippen LogP contribution in [-0.2, 0) is 4.79 Å². The minimum Gasteiger partial charge on any atom is -0.497 e. The number of methoxy groups -OCH3 is 2. The van der Waals surface area contributed by atoms with Gasteiger partial charge in [-0.05, 0) is 30.0 Å². The molecule has 1 aliphatic heterocycles. The topological polar surface area (TPSA) is 64.0 Å². The van der Waals surface area contributed by atoms with E-state index in [4.69, 9.17) is 9.47 Å². The highest BCUT2D eigenvalue weighted by Crippen LogP contribution is 2.35. The molecule has 1 fully saturated rings. The summed E-state index contributed by atoms with van der Waals surface area (Å²) in [7, 11) is 4.88. The van der Waals surface area contributed by atoms with Crippen LogP contribution in [0.25, 0.3) is 6.08 Å². The van der Waals surface area contributed by atoms with E-state index in [1.807, 2.05) is 17.5 Å². The molecule has 0 unspecified atom stereocenters.